The van der Waals surface area contributed by atoms with Crippen molar-refractivity contribution in [1.29, 1.82) is 0 Å². The molecule has 1 aliphatic rings. The molecule has 0 radical (unpaired) electrons. The van der Waals surface area contributed by atoms with Crippen LogP contribution >= 0.6 is 0 Å². The van der Waals surface area contributed by atoms with Crippen molar-refractivity contribution in [3.05, 3.63) is 65.4 Å². The van der Waals surface area contributed by atoms with Crippen LogP contribution in [0.5, 0.6) is 11.5 Å². The van der Waals surface area contributed by atoms with E-state index >= 15 is 0 Å². The van der Waals surface area contributed by atoms with Crippen molar-refractivity contribution in [2.75, 3.05) is 14.2 Å². The topological polar surface area (TPSA) is 43.7 Å². The van der Waals surface area contributed by atoms with Crippen molar-refractivity contribution < 1.29 is 9.47 Å². The highest BCUT2D eigenvalue weighted by Gasteiger charge is 2.27. The Hall–Kier alpha value is -2.88. The second-order valence-electron chi connectivity index (χ2n) is 7.23. The predicted octanol–water partition coefficient (Wildman–Crippen LogP) is 4.42. The van der Waals surface area contributed by atoms with E-state index in [4.69, 9.17) is 14.5 Å². The minimum Gasteiger partial charge on any atom is -0.497 e. The smallest absolute Gasteiger partial charge is 0.131 e. The van der Waals surface area contributed by atoms with Gasteiger partial charge in [-0.3, -0.25) is 9.98 Å². The summed E-state index contributed by atoms with van der Waals surface area (Å²) in [4.78, 5) is 9.69. The average molecular weight is 346 g/mol. The standard InChI is InChI=1S/C22H22N2O2/c1-22(2)12-14-7-5-6-8-17(14)21(24-22)15-9-18-19(23-13-15)10-16(25-3)11-20(18)26-4/h5-11,13H,12H2,1-4H3. The van der Waals surface area contributed by atoms with Gasteiger partial charge in [0.2, 0.25) is 0 Å². The SMILES string of the molecule is COc1cc(OC)c2cc(C3=NC(C)(C)Cc4ccccc43)cnc2c1. The van der Waals surface area contributed by atoms with Gasteiger partial charge < -0.3 is 9.47 Å². The lowest BCUT2D eigenvalue weighted by Gasteiger charge is -2.29. The number of aliphatic imine (C=N–C) groups is 1. The molecule has 26 heavy (non-hydrogen) atoms. The summed E-state index contributed by atoms with van der Waals surface area (Å²) in [6.45, 7) is 4.34. The second kappa shape index (κ2) is 6.13. The number of fused-ring (bicyclic) bond motifs is 2. The molecule has 0 spiro atoms. The van der Waals surface area contributed by atoms with Gasteiger partial charge in [0.25, 0.3) is 0 Å². The first-order valence-electron chi connectivity index (χ1n) is 8.71. The Labute approximate surface area is 153 Å². The molecular formula is C22H22N2O2. The largest absolute Gasteiger partial charge is 0.497 e. The molecular weight excluding hydrogens is 324 g/mol. The Bertz CT molecular complexity index is 1020. The van der Waals surface area contributed by atoms with E-state index in [1.807, 2.05) is 18.3 Å². The molecule has 0 aliphatic carbocycles. The number of hydrogen-bond donors (Lipinski definition) is 0. The second-order valence-corrected chi connectivity index (χ2v) is 7.23. The van der Waals surface area contributed by atoms with Crippen molar-refractivity contribution in [2.45, 2.75) is 25.8 Å². The quantitative estimate of drug-likeness (QED) is 0.705. The van der Waals surface area contributed by atoms with Gasteiger partial charge in [-0.2, -0.15) is 0 Å². The fourth-order valence-corrected chi connectivity index (χ4v) is 3.58. The lowest BCUT2D eigenvalue weighted by molar-refractivity contribution is 0.398. The number of aromatic nitrogens is 1. The van der Waals surface area contributed by atoms with E-state index in [1.165, 1.54) is 11.1 Å². The summed E-state index contributed by atoms with van der Waals surface area (Å²) >= 11 is 0. The normalized spacial score (nSPS) is 15.3. The minimum atomic E-state index is -0.136. The molecule has 4 nitrogen and oxygen atoms in total. The molecule has 132 valence electrons. The number of pyridine rings is 1. The molecule has 0 saturated carbocycles. The van der Waals surface area contributed by atoms with Crippen LogP contribution in [-0.4, -0.2) is 30.5 Å². The molecule has 0 atom stereocenters. The van der Waals surface area contributed by atoms with E-state index in [2.05, 4.69) is 49.2 Å². The maximum atomic E-state index is 5.56. The van der Waals surface area contributed by atoms with Crippen LogP contribution in [-0.2, 0) is 6.42 Å². The van der Waals surface area contributed by atoms with Crippen LogP contribution in [0.2, 0.25) is 0 Å². The van der Waals surface area contributed by atoms with Gasteiger partial charge in [-0.05, 0) is 31.9 Å². The molecule has 1 aromatic heterocycles. The number of hydrogen-bond acceptors (Lipinski definition) is 4. The Morgan fingerprint density at radius 1 is 1.00 bits per heavy atom. The predicted molar refractivity (Wildman–Crippen MR) is 105 cm³/mol. The van der Waals surface area contributed by atoms with E-state index in [-0.39, 0.29) is 5.54 Å². The number of benzene rings is 2. The van der Waals surface area contributed by atoms with Crippen molar-refractivity contribution in [3.8, 4) is 11.5 Å². The molecule has 0 N–H and O–H groups in total. The van der Waals surface area contributed by atoms with Crippen molar-refractivity contribution in [1.82, 2.24) is 4.98 Å². The summed E-state index contributed by atoms with van der Waals surface area (Å²) in [6.07, 6.45) is 2.83. The summed E-state index contributed by atoms with van der Waals surface area (Å²) < 4.78 is 10.9. The van der Waals surface area contributed by atoms with Crippen LogP contribution in [0.25, 0.3) is 10.9 Å². The molecule has 0 amide bonds. The van der Waals surface area contributed by atoms with Crippen LogP contribution < -0.4 is 9.47 Å². The highest BCUT2D eigenvalue weighted by molar-refractivity contribution is 6.15. The minimum absolute atomic E-state index is 0.136. The van der Waals surface area contributed by atoms with Crippen LogP contribution in [0.3, 0.4) is 0 Å². The third-order valence-corrected chi connectivity index (χ3v) is 4.78. The first kappa shape index (κ1) is 16.6. The van der Waals surface area contributed by atoms with Crippen LogP contribution in [0.15, 0.2) is 53.7 Å². The maximum Gasteiger partial charge on any atom is 0.131 e. The van der Waals surface area contributed by atoms with Gasteiger partial charge >= 0.3 is 0 Å². The fourth-order valence-electron chi connectivity index (χ4n) is 3.58. The summed E-state index contributed by atoms with van der Waals surface area (Å²) in [7, 11) is 3.31. The Kier molecular flexibility index (Phi) is 3.91. The molecule has 0 fully saturated rings. The van der Waals surface area contributed by atoms with Crippen molar-refractivity contribution in [3.63, 3.8) is 0 Å². The first-order chi connectivity index (χ1) is 12.5. The monoisotopic (exact) mass is 346 g/mol. The number of nitrogens with zero attached hydrogens (tertiary/aromatic N) is 2. The zero-order chi connectivity index (χ0) is 18.3. The zero-order valence-corrected chi connectivity index (χ0v) is 15.5. The third kappa shape index (κ3) is 2.81. The molecule has 1 aliphatic heterocycles. The molecule has 0 unspecified atom stereocenters. The number of methoxy groups -OCH3 is 2. The lowest BCUT2D eigenvalue weighted by Crippen LogP contribution is -2.29. The molecule has 4 heteroatoms. The van der Waals surface area contributed by atoms with Crippen LogP contribution in [0.1, 0.15) is 30.5 Å². The summed E-state index contributed by atoms with van der Waals surface area (Å²) in [5, 5.41) is 0.953. The Balaban J connectivity index is 1.92. The molecule has 0 bridgehead atoms. The van der Waals surface area contributed by atoms with Gasteiger partial charge in [-0.25, -0.2) is 0 Å². The third-order valence-electron chi connectivity index (χ3n) is 4.78. The van der Waals surface area contributed by atoms with Crippen LogP contribution in [0, 0.1) is 0 Å². The van der Waals surface area contributed by atoms with E-state index in [1.54, 1.807) is 14.2 Å². The van der Waals surface area contributed by atoms with Gasteiger partial charge in [0, 0.05) is 34.8 Å². The summed E-state index contributed by atoms with van der Waals surface area (Å²) in [5.41, 5.74) is 5.20. The van der Waals surface area contributed by atoms with Gasteiger partial charge in [0.1, 0.15) is 11.5 Å². The highest BCUT2D eigenvalue weighted by atomic mass is 16.5. The summed E-state index contributed by atoms with van der Waals surface area (Å²) in [6, 6.07) is 14.4. The molecule has 0 saturated heterocycles. The Morgan fingerprint density at radius 2 is 1.81 bits per heavy atom. The van der Waals surface area contributed by atoms with Crippen molar-refractivity contribution in [2.24, 2.45) is 4.99 Å². The summed E-state index contributed by atoms with van der Waals surface area (Å²) in [5.74, 6) is 1.48. The van der Waals surface area contributed by atoms with Gasteiger partial charge in [0.05, 0.1) is 31.0 Å². The van der Waals surface area contributed by atoms with E-state index in [9.17, 15) is 0 Å². The number of rotatable bonds is 3. The lowest BCUT2D eigenvalue weighted by atomic mass is 9.85. The maximum absolute atomic E-state index is 5.56. The molecule has 3 aromatic rings. The fraction of sp³-hybridized carbons (Fsp3) is 0.273. The first-order valence-corrected chi connectivity index (χ1v) is 8.71. The molecule has 4 rings (SSSR count). The Morgan fingerprint density at radius 3 is 2.58 bits per heavy atom. The molecule has 2 heterocycles. The molecule has 2 aromatic carbocycles. The van der Waals surface area contributed by atoms with Gasteiger partial charge in [0.15, 0.2) is 0 Å². The van der Waals surface area contributed by atoms with E-state index in [0.717, 1.165) is 40.1 Å². The zero-order valence-electron chi connectivity index (χ0n) is 15.5. The van der Waals surface area contributed by atoms with Gasteiger partial charge in [-0.1, -0.05) is 24.3 Å². The van der Waals surface area contributed by atoms with E-state index in [0.29, 0.717) is 0 Å². The van der Waals surface area contributed by atoms with Crippen molar-refractivity contribution >= 4 is 16.6 Å². The number of ether oxygens (including phenoxy) is 2. The average Bonchev–Trinajstić information content (AvgIpc) is 2.65. The van der Waals surface area contributed by atoms with Gasteiger partial charge in [-0.15, -0.1) is 0 Å². The highest BCUT2D eigenvalue weighted by Crippen LogP contribution is 2.33. The van der Waals surface area contributed by atoms with Crippen LogP contribution in [0.4, 0.5) is 0 Å². The van der Waals surface area contributed by atoms with E-state index < -0.39 is 0 Å².